The van der Waals surface area contributed by atoms with Crippen LogP contribution in [-0.2, 0) is 16.0 Å². The number of hydrogen-bond acceptors (Lipinski definition) is 4. The number of anilines is 1. The fraction of sp³-hybridized carbons (Fsp3) is 0.217. The molecule has 4 rings (SSSR count). The minimum absolute atomic E-state index is 0.0127. The highest BCUT2D eigenvalue weighted by molar-refractivity contribution is 6.00. The molecule has 6 heteroatoms. The first-order chi connectivity index (χ1) is 14.2. The molecule has 1 aromatic heterocycles. The molecule has 1 aliphatic rings. The molecule has 0 spiro atoms. The number of carbonyl (C=O) groups excluding carboxylic acids is 2. The summed E-state index contributed by atoms with van der Waals surface area (Å²) in [6, 6.07) is 19.3. The Labute approximate surface area is 169 Å². The lowest BCUT2D eigenvalue weighted by atomic mass is 10.1. The molecule has 0 aliphatic carbocycles. The van der Waals surface area contributed by atoms with E-state index in [1.54, 1.807) is 17.3 Å². The van der Waals surface area contributed by atoms with Crippen LogP contribution in [0, 0.1) is 5.92 Å². The van der Waals surface area contributed by atoms with Crippen molar-refractivity contribution in [2.75, 3.05) is 18.0 Å². The number of hydrogen-bond donors (Lipinski definition) is 1. The van der Waals surface area contributed by atoms with Crippen molar-refractivity contribution in [3.8, 4) is 11.4 Å². The lowest BCUT2D eigenvalue weighted by Crippen LogP contribution is -2.34. The lowest BCUT2D eigenvalue weighted by Gasteiger charge is -2.16. The van der Waals surface area contributed by atoms with Gasteiger partial charge in [0.05, 0.1) is 5.92 Å². The zero-order chi connectivity index (χ0) is 20.1. The zero-order valence-corrected chi connectivity index (χ0v) is 16.0. The Morgan fingerprint density at radius 2 is 1.66 bits per heavy atom. The molecular formula is C23H22N4O2. The van der Waals surface area contributed by atoms with Crippen molar-refractivity contribution in [2.45, 2.75) is 12.8 Å². The molecule has 1 fully saturated rings. The Bertz CT molecular complexity index is 975. The van der Waals surface area contributed by atoms with Gasteiger partial charge in [0, 0.05) is 43.2 Å². The molecule has 1 saturated heterocycles. The Balaban J connectivity index is 1.28. The van der Waals surface area contributed by atoms with E-state index in [4.69, 9.17) is 0 Å². The number of carbonyl (C=O) groups is 2. The maximum Gasteiger partial charge on any atom is 0.227 e. The van der Waals surface area contributed by atoms with Crippen LogP contribution in [0.15, 0.2) is 73.1 Å². The van der Waals surface area contributed by atoms with Gasteiger partial charge in [0.2, 0.25) is 11.8 Å². The molecule has 0 radical (unpaired) electrons. The van der Waals surface area contributed by atoms with Gasteiger partial charge in [-0.2, -0.15) is 0 Å². The van der Waals surface area contributed by atoms with Gasteiger partial charge in [0.25, 0.3) is 0 Å². The zero-order valence-electron chi connectivity index (χ0n) is 16.0. The molecule has 1 aliphatic heterocycles. The third-order valence-electron chi connectivity index (χ3n) is 5.01. The van der Waals surface area contributed by atoms with Crippen molar-refractivity contribution in [2.24, 2.45) is 5.92 Å². The van der Waals surface area contributed by atoms with Crippen LogP contribution < -0.4 is 10.2 Å². The molecule has 1 unspecified atom stereocenters. The number of nitrogens with one attached hydrogen (secondary N) is 1. The molecule has 6 nitrogen and oxygen atoms in total. The molecule has 146 valence electrons. The normalized spacial score (nSPS) is 16.1. The number of amides is 2. The maximum atomic E-state index is 12.5. The maximum absolute atomic E-state index is 12.5. The van der Waals surface area contributed by atoms with E-state index in [2.05, 4.69) is 15.3 Å². The second kappa shape index (κ2) is 8.65. The van der Waals surface area contributed by atoms with Crippen molar-refractivity contribution in [1.29, 1.82) is 0 Å². The Hall–Kier alpha value is -3.54. The van der Waals surface area contributed by atoms with Crippen molar-refractivity contribution >= 4 is 17.5 Å². The number of benzene rings is 2. The summed E-state index contributed by atoms with van der Waals surface area (Å²) in [5, 5.41) is 2.94. The molecule has 2 aromatic carbocycles. The Kier molecular flexibility index (Phi) is 5.61. The van der Waals surface area contributed by atoms with Crippen LogP contribution in [0.3, 0.4) is 0 Å². The van der Waals surface area contributed by atoms with Crippen LogP contribution in [0.2, 0.25) is 0 Å². The summed E-state index contributed by atoms with van der Waals surface area (Å²) in [4.78, 5) is 35.2. The molecule has 0 bridgehead atoms. The predicted octanol–water partition coefficient (Wildman–Crippen LogP) is 2.86. The summed E-state index contributed by atoms with van der Waals surface area (Å²) in [5.41, 5.74) is 2.77. The minimum atomic E-state index is -0.320. The summed E-state index contributed by atoms with van der Waals surface area (Å²) in [6.07, 6.45) is 4.47. The minimum Gasteiger partial charge on any atom is -0.355 e. The number of rotatable bonds is 6. The highest BCUT2D eigenvalue weighted by Gasteiger charge is 2.34. The first-order valence-corrected chi connectivity index (χ1v) is 9.70. The van der Waals surface area contributed by atoms with Crippen LogP contribution in [0.25, 0.3) is 11.4 Å². The van der Waals surface area contributed by atoms with E-state index < -0.39 is 0 Å². The van der Waals surface area contributed by atoms with Gasteiger partial charge >= 0.3 is 0 Å². The number of aromatic nitrogens is 2. The number of para-hydroxylation sites is 1. The van der Waals surface area contributed by atoms with Crippen molar-refractivity contribution in [1.82, 2.24) is 15.3 Å². The molecule has 2 heterocycles. The van der Waals surface area contributed by atoms with E-state index in [0.717, 1.165) is 16.8 Å². The quantitative estimate of drug-likeness (QED) is 0.707. The van der Waals surface area contributed by atoms with Crippen LogP contribution >= 0.6 is 0 Å². The van der Waals surface area contributed by atoms with Gasteiger partial charge in [-0.05, 0) is 24.1 Å². The van der Waals surface area contributed by atoms with E-state index in [0.29, 0.717) is 25.3 Å². The summed E-state index contributed by atoms with van der Waals surface area (Å²) >= 11 is 0. The van der Waals surface area contributed by atoms with Crippen LogP contribution in [-0.4, -0.2) is 34.9 Å². The molecule has 0 saturated carbocycles. The van der Waals surface area contributed by atoms with Crippen molar-refractivity contribution in [3.05, 3.63) is 78.6 Å². The smallest absolute Gasteiger partial charge is 0.227 e. The van der Waals surface area contributed by atoms with E-state index in [1.165, 1.54) is 0 Å². The largest absolute Gasteiger partial charge is 0.355 e. The van der Waals surface area contributed by atoms with Gasteiger partial charge in [0.15, 0.2) is 5.82 Å². The van der Waals surface area contributed by atoms with Crippen LogP contribution in [0.4, 0.5) is 5.69 Å². The van der Waals surface area contributed by atoms with Gasteiger partial charge in [-0.15, -0.1) is 0 Å². The van der Waals surface area contributed by atoms with E-state index in [-0.39, 0.29) is 24.2 Å². The van der Waals surface area contributed by atoms with Gasteiger partial charge < -0.3 is 10.2 Å². The van der Waals surface area contributed by atoms with Crippen molar-refractivity contribution in [3.63, 3.8) is 0 Å². The first-order valence-electron chi connectivity index (χ1n) is 9.70. The summed E-state index contributed by atoms with van der Waals surface area (Å²) in [5.74, 6) is 0.267. The van der Waals surface area contributed by atoms with Crippen LogP contribution in [0.1, 0.15) is 12.0 Å². The molecule has 1 atom stereocenters. The predicted molar refractivity (Wildman–Crippen MR) is 111 cm³/mol. The third-order valence-corrected chi connectivity index (χ3v) is 5.01. The van der Waals surface area contributed by atoms with Gasteiger partial charge in [-0.3, -0.25) is 9.59 Å². The number of nitrogens with zero attached hydrogens (tertiary/aromatic N) is 3. The average molecular weight is 386 g/mol. The van der Waals surface area contributed by atoms with Gasteiger partial charge in [-0.1, -0.05) is 48.5 Å². The second-order valence-corrected chi connectivity index (χ2v) is 7.06. The molecule has 1 N–H and O–H groups in total. The standard InChI is InChI=1S/C23H22N4O2/c28-21-13-19(16-27(21)20-9-5-2-6-10-20)23(29)24-12-11-17-14-25-22(26-15-17)18-7-3-1-4-8-18/h1-10,14-15,19H,11-13,16H2,(H,24,29). The van der Waals surface area contributed by atoms with Crippen LogP contribution in [0.5, 0.6) is 0 Å². The lowest BCUT2D eigenvalue weighted by molar-refractivity contribution is -0.126. The highest BCUT2D eigenvalue weighted by Crippen LogP contribution is 2.24. The third kappa shape index (κ3) is 4.48. The average Bonchev–Trinajstić information content (AvgIpc) is 3.17. The van der Waals surface area contributed by atoms with E-state index >= 15 is 0 Å². The SMILES string of the molecule is O=C(NCCc1cnc(-c2ccccc2)nc1)C1CC(=O)N(c2ccccc2)C1. The fourth-order valence-electron chi connectivity index (χ4n) is 3.44. The second-order valence-electron chi connectivity index (χ2n) is 7.06. The topological polar surface area (TPSA) is 75.2 Å². The van der Waals surface area contributed by atoms with E-state index in [1.807, 2.05) is 60.7 Å². The monoisotopic (exact) mass is 386 g/mol. The molecule has 29 heavy (non-hydrogen) atoms. The van der Waals surface area contributed by atoms with Gasteiger partial charge in [-0.25, -0.2) is 9.97 Å². The molecule has 3 aromatic rings. The summed E-state index contributed by atoms with van der Waals surface area (Å²) in [6.45, 7) is 0.909. The van der Waals surface area contributed by atoms with Crippen molar-refractivity contribution < 1.29 is 9.59 Å². The Morgan fingerprint density at radius 1 is 1.00 bits per heavy atom. The molecule has 2 amide bonds. The highest BCUT2D eigenvalue weighted by atomic mass is 16.2. The summed E-state index contributed by atoms with van der Waals surface area (Å²) in [7, 11) is 0. The summed E-state index contributed by atoms with van der Waals surface area (Å²) < 4.78 is 0. The fourth-order valence-corrected chi connectivity index (χ4v) is 3.44. The van der Waals surface area contributed by atoms with Gasteiger partial charge in [0.1, 0.15) is 0 Å². The first kappa shape index (κ1) is 18.8. The Morgan fingerprint density at radius 3 is 2.34 bits per heavy atom. The van der Waals surface area contributed by atoms with E-state index in [9.17, 15) is 9.59 Å². The molecular weight excluding hydrogens is 364 g/mol.